The number of guanidine groups is 1. The predicted octanol–water partition coefficient (Wildman–Crippen LogP) is 2.70. The topological polar surface area (TPSA) is 49.3 Å². The molecule has 0 saturated heterocycles. The van der Waals surface area contributed by atoms with Crippen molar-refractivity contribution in [1.82, 2.24) is 15.6 Å². The molecule has 2 N–H and O–H groups in total. The van der Waals surface area contributed by atoms with Gasteiger partial charge in [-0.15, -0.1) is 0 Å². The maximum absolute atomic E-state index is 13.2. The molecule has 0 atom stereocenters. The van der Waals surface area contributed by atoms with Crippen LogP contribution in [0.15, 0.2) is 41.4 Å². The van der Waals surface area contributed by atoms with Gasteiger partial charge in [0, 0.05) is 19.3 Å². The van der Waals surface area contributed by atoms with E-state index in [9.17, 15) is 4.39 Å². The van der Waals surface area contributed by atoms with E-state index in [1.807, 2.05) is 31.2 Å². The highest BCUT2D eigenvalue weighted by Gasteiger charge is 2.02. The third kappa shape index (κ3) is 4.55. The zero-order chi connectivity index (χ0) is 15.9. The number of aryl methyl sites for hydroxylation is 2. The lowest BCUT2D eigenvalue weighted by Gasteiger charge is -2.12. The second-order valence-electron chi connectivity index (χ2n) is 5.13. The molecule has 116 valence electrons. The third-order valence-corrected chi connectivity index (χ3v) is 3.29. The second-order valence-corrected chi connectivity index (χ2v) is 5.13. The third-order valence-electron chi connectivity index (χ3n) is 3.29. The van der Waals surface area contributed by atoms with E-state index in [4.69, 9.17) is 0 Å². The van der Waals surface area contributed by atoms with E-state index in [2.05, 4.69) is 20.6 Å². The molecule has 0 saturated carbocycles. The minimum atomic E-state index is -0.184. The van der Waals surface area contributed by atoms with Crippen molar-refractivity contribution in [2.45, 2.75) is 26.9 Å². The van der Waals surface area contributed by atoms with Gasteiger partial charge in [0.1, 0.15) is 5.82 Å². The van der Waals surface area contributed by atoms with Crippen LogP contribution in [0, 0.1) is 19.7 Å². The zero-order valence-electron chi connectivity index (χ0n) is 13.2. The first-order chi connectivity index (χ1) is 10.6. The van der Waals surface area contributed by atoms with Gasteiger partial charge in [0.2, 0.25) is 0 Å². The highest BCUT2D eigenvalue weighted by Crippen LogP contribution is 2.08. The molecule has 0 spiro atoms. The van der Waals surface area contributed by atoms with Gasteiger partial charge in [-0.05, 0) is 43.2 Å². The Hall–Kier alpha value is -2.43. The standard InChI is InChI=1S/C17H21FN4/c1-12-9-14(7-8-16(12)18)10-20-17(19-3)21-11-15-6-4-5-13(2)22-15/h4-9H,10-11H2,1-3H3,(H2,19,20,21). The zero-order valence-corrected chi connectivity index (χ0v) is 13.2. The van der Waals surface area contributed by atoms with E-state index in [0.717, 1.165) is 17.0 Å². The molecule has 5 heteroatoms. The summed E-state index contributed by atoms with van der Waals surface area (Å²) >= 11 is 0. The number of nitrogens with zero attached hydrogens (tertiary/aromatic N) is 2. The van der Waals surface area contributed by atoms with Crippen molar-refractivity contribution < 1.29 is 4.39 Å². The molecule has 0 aliphatic carbocycles. The van der Waals surface area contributed by atoms with E-state index in [-0.39, 0.29) is 5.82 Å². The van der Waals surface area contributed by atoms with Crippen LogP contribution >= 0.6 is 0 Å². The fourth-order valence-electron chi connectivity index (χ4n) is 2.10. The Balaban J connectivity index is 1.88. The Kier molecular flexibility index (Phi) is 5.47. The Morgan fingerprint density at radius 1 is 1.14 bits per heavy atom. The lowest BCUT2D eigenvalue weighted by atomic mass is 10.1. The summed E-state index contributed by atoms with van der Waals surface area (Å²) in [5, 5.41) is 6.42. The number of halogens is 1. The summed E-state index contributed by atoms with van der Waals surface area (Å²) in [5.74, 6) is 0.502. The van der Waals surface area contributed by atoms with Crippen molar-refractivity contribution in [1.29, 1.82) is 0 Å². The van der Waals surface area contributed by atoms with Crippen molar-refractivity contribution in [3.63, 3.8) is 0 Å². The van der Waals surface area contributed by atoms with Crippen LogP contribution in [0.1, 0.15) is 22.5 Å². The molecule has 4 nitrogen and oxygen atoms in total. The van der Waals surface area contributed by atoms with Crippen LogP contribution in [0.3, 0.4) is 0 Å². The van der Waals surface area contributed by atoms with Crippen LogP contribution < -0.4 is 10.6 Å². The highest BCUT2D eigenvalue weighted by atomic mass is 19.1. The van der Waals surface area contributed by atoms with Crippen LogP contribution in [-0.4, -0.2) is 18.0 Å². The average molecular weight is 300 g/mol. The number of nitrogens with one attached hydrogen (secondary N) is 2. The van der Waals surface area contributed by atoms with Gasteiger partial charge < -0.3 is 10.6 Å². The minimum absolute atomic E-state index is 0.184. The number of pyridine rings is 1. The fraction of sp³-hybridized carbons (Fsp3) is 0.294. The van der Waals surface area contributed by atoms with Gasteiger partial charge in [0.25, 0.3) is 0 Å². The number of aromatic nitrogens is 1. The molecule has 0 aliphatic rings. The number of rotatable bonds is 4. The molecule has 22 heavy (non-hydrogen) atoms. The highest BCUT2D eigenvalue weighted by molar-refractivity contribution is 5.79. The van der Waals surface area contributed by atoms with Gasteiger partial charge in [-0.2, -0.15) is 0 Å². The van der Waals surface area contributed by atoms with Crippen LogP contribution in [-0.2, 0) is 13.1 Å². The number of aliphatic imine (C=N–C) groups is 1. The molecular weight excluding hydrogens is 279 g/mol. The lowest BCUT2D eigenvalue weighted by Crippen LogP contribution is -2.36. The summed E-state index contributed by atoms with van der Waals surface area (Å²) in [6, 6.07) is 11.0. The van der Waals surface area contributed by atoms with E-state index in [1.165, 1.54) is 6.07 Å². The first-order valence-corrected chi connectivity index (χ1v) is 7.20. The van der Waals surface area contributed by atoms with Crippen molar-refractivity contribution in [2.75, 3.05) is 7.05 Å². The van der Waals surface area contributed by atoms with Crippen molar-refractivity contribution in [3.05, 3.63) is 64.7 Å². The number of hydrogen-bond donors (Lipinski definition) is 2. The maximum Gasteiger partial charge on any atom is 0.191 e. The van der Waals surface area contributed by atoms with Crippen LogP contribution in [0.2, 0.25) is 0 Å². The molecule has 2 rings (SSSR count). The molecule has 0 unspecified atom stereocenters. The van der Waals surface area contributed by atoms with Gasteiger partial charge in [0.05, 0.1) is 12.2 Å². The van der Waals surface area contributed by atoms with Crippen molar-refractivity contribution in [3.8, 4) is 0 Å². The maximum atomic E-state index is 13.2. The summed E-state index contributed by atoms with van der Waals surface area (Å²) in [7, 11) is 1.72. The van der Waals surface area contributed by atoms with Crippen LogP contribution in [0.25, 0.3) is 0 Å². The summed E-state index contributed by atoms with van der Waals surface area (Å²) in [5.41, 5.74) is 3.60. The molecule has 1 heterocycles. The largest absolute Gasteiger partial charge is 0.352 e. The van der Waals surface area contributed by atoms with Crippen LogP contribution in [0.4, 0.5) is 4.39 Å². The van der Waals surface area contributed by atoms with Gasteiger partial charge in [0.15, 0.2) is 5.96 Å². The van der Waals surface area contributed by atoms with Crippen molar-refractivity contribution in [2.24, 2.45) is 4.99 Å². The van der Waals surface area contributed by atoms with E-state index < -0.39 is 0 Å². The molecule has 1 aromatic carbocycles. The van der Waals surface area contributed by atoms with Gasteiger partial charge in [-0.25, -0.2) is 4.39 Å². The van der Waals surface area contributed by atoms with Gasteiger partial charge in [-0.1, -0.05) is 18.2 Å². The van der Waals surface area contributed by atoms with Gasteiger partial charge >= 0.3 is 0 Å². The van der Waals surface area contributed by atoms with E-state index in [0.29, 0.717) is 24.6 Å². The quantitative estimate of drug-likeness (QED) is 0.674. The number of benzene rings is 1. The summed E-state index contributed by atoms with van der Waals surface area (Å²) in [6.45, 7) is 4.91. The summed E-state index contributed by atoms with van der Waals surface area (Å²) in [4.78, 5) is 8.61. The number of hydrogen-bond acceptors (Lipinski definition) is 2. The van der Waals surface area contributed by atoms with Crippen LogP contribution in [0.5, 0.6) is 0 Å². The fourth-order valence-corrected chi connectivity index (χ4v) is 2.10. The average Bonchev–Trinajstić information content (AvgIpc) is 2.51. The monoisotopic (exact) mass is 300 g/mol. The molecule has 0 amide bonds. The molecule has 0 radical (unpaired) electrons. The minimum Gasteiger partial charge on any atom is -0.352 e. The Morgan fingerprint density at radius 2 is 1.91 bits per heavy atom. The first kappa shape index (κ1) is 15.9. The molecule has 0 fully saturated rings. The Bertz CT molecular complexity index is 667. The summed E-state index contributed by atoms with van der Waals surface area (Å²) in [6.07, 6.45) is 0. The Labute approximate surface area is 130 Å². The molecule has 0 aliphatic heterocycles. The first-order valence-electron chi connectivity index (χ1n) is 7.20. The second kappa shape index (κ2) is 7.54. The van der Waals surface area contributed by atoms with Gasteiger partial charge in [-0.3, -0.25) is 9.98 Å². The smallest absolute Gasteiger partial charge is 0.191 e. The predicted molar refractivity (Wildman–Crippen MR) is 87.1 cm³/mol. The summed E-state index contributed by atoms with van der Waals surface area (Å²) < 4.78 is 13.2. The van der Waals surface area contributed by atoms with E-state index in [1.54, 1.807) is 20.0 Å². The van der Waals surface area contributed by atoms with Crippen molar-refractivity contribution >= 4 is 5.96 Å². The lowest BCUT2D eigenvalue weighted by molar-refractivity contribution is 0.617. The molecule has 2 aromatic rings. The normalized spacial score (nSPS) is 11.4. The Morgan fingerprint density at radius 3 is 2.59 bits per heavy atom. The SMILES string of the molecule is CN=C(NCc1ccc(F)c(C)c1)NCc1cccc(C)n1. The molecular formula is C17H21FN4. The molecule has 1 aromatic heterocycles. The molecule has 0 bridgehead atoms. The van der Waals surface area contributed by atoms with E-state index >= 15 is 0 Å².